The van der Waals surface area contributed by atoms with Crippen molar-refractivity contribution in [2.75, 3.05) is 12.4 Å². The molecule has 18 heavy (non-hydrogen) atoms. The lowest BCUT2D eigenvalue weighted by molar-refractivity contribution is -0.401. The first kappa shape index (κ1) is 17.6. The number of thioether (sulfide) groups is 1. The number of hydrogen-bond donors (Lipinski definition) is 1. The van der Waals surface area contributed by atoms with Crippen molar-refractivity contribution in [3.63, 3.8) is 0 Å². The van der Waals surface area contributed by atoms with Gasteiger partial charge >= 0.3 is 5.97 Å². The third kappa shape index (κ3) is 5.96. The van der Waals surface area contributed by atoms with Crippen molar-refractivity contribution < 1.29 is 27.7 Å². The van der Waals surface area contributed by atoms with Gasteiger partial charge in [-0.2, -0.15) is 11.8 Å². The van der Waals surface area contributed by atoms with Crippen LogP contribution in [0.25, 0.3) is 0 Å². The number of carbonyl (C=O) groups is 1. The van der Waals surface area contributed by atoms with Crippen molar-refractivity contribution in [1.82, 2.24) is 0 Å². The second kappa shape index (κ2) is 9.50. The summed E-state index contributed by atoms with van der Waals surface area (Å²) in [7, 11) is 0. The monoisotopic (exact) mass is 309 g/mol. The molecule has 1 atom stereocenters. The molecule has 0 spiro atoms. The Labute approximate surface area is 123 Å². The van der Waals surface area contributed by atoms with Crippen molar-refractivity contribution in [1.29, 1.82) is 0 Å². The van der Waals surface area contributed by atoms with Gasteiger partial charge in [-0.1, -0.05) is 29.8 Å². The van der Waals surface area contributed by atoms with Gasteiger partial charge in [-0.05, 0) is 18.6 Å². The highest BCUT2D eigenvalue weighted by molar-refractivity contribution is 7.98. The average Bonchev–Trinajstić information content (AvgIpc) is 2.31. The van der Waals surface area contributed by atoms with Gasteiger partial charge in [-0.15, -0.1) is 0 Å². The highest BCUT2D eigenvalue weighted by Crippen LogP contribution is 2.20. The van der Waals surface area contributed by atoms with Gasteiger partial charge in [-0.25, -0.2) is 4.79 Å². The van der Waals surface area contributed by atoms with Crippen LogP contribution < -0.4 is 18.1 Å². The van der Waals surface area contributed by atoms with E-state index in [4.69, 9.17) is 16.3 Å². The number of quaternary nitrogens is 1. The Morgan fingerprint density at radius 2 is 2.17 bits per heavy atom. The molecule has 3 nitrogen and oxygen atoms in total. The van der Waals surface area contributed by atoms with Crippen LogP contribution in [-0.2, 0) is 15.3 Å². The maximum absolute atomic E-state index is 11.3. The standard InChI is InChI=1S/C12H16ClNO2S.ClH/c1-2-16-12(15)11(14)8-17-7-9-5-3-4-6-10(9)13;/h3-6,11H,2,7-8,14H2,1H3;1H. The van der Waals surface area contributed by atoms with Gasteiger partial charge in [0.2, 0.25) is 0 Å². The van der Waals surface area contributed by atoms with E-state index in [2.05, 4.69) is 5.73 Å². The molecular formula is C12H17Cl2NO2S. The van der Waals surface area contributed by atoms with E-state index < -0.39 is 0 Å². The number of hydrogen-bond acceptors (Lipinski definition) is 3. The molecule has 0 bridgehead atoms. The van der Waals surface area contributed by atoms with Crippen LogP contribution >= 0.6 is 23.4 Å². The van der Waals surface area contributed by atoms with Crippen molar-refractivity contribution in [3.8, 4) is 0 Å². The molecular weight excluding hydrogens is 293 g/mol. The minimum absolute atomic E-state index is 0. The molecule has 1 rings (SSSR count). The topological polar surface area (TPSA) is 53.9 Å². The van der Waals surface area contributed by atoms with E-state index in [1.165, 1.54) is 0 Å². The fourth-order valence-electron chi connectivity index (χ4n) is 1.25. The zero-order valence-corrected chi connectivity index (χ0v) is 12.5. The summed E-state index contributed by atoms with van der Waals surface area (Å²) in [5.74, 6) is 1.19. The second-order valence-electron chi connectivity index (χ2n) is 3.56. The molecule has 0 aliphatic carbocycles. The Hall–Kier alpha value is -0.420. The molecule has 0 fully saturated rings. The molecule has 6 heteroatoms. The molecule has 0 heterocycles. The third-order valence-corrected chi connectivity index (χ3v) is 3.68. The van der Waals surface area contributed by atoms with E-state index in [9.17, 15) is 4.79 Å². The fourth-order valence-corrected chi connectivity index (χ4v) is 2.55. The largest absolute Gasteiger partial charge is 1.00 e. The molecule has 3 N–H and O–H groups in total. The molecule has 1 aromatic carbocycles. The van der Waals surface area contributed by atoms with E-state index in [0.717, 1.165) is 16.3 Å². The highest BCUT2D eigenvalue weighted by atomic mass is 35.5. The molecule has 0 saturated heterocycles. The van der Waals surface area contributed by atoms with E-state index in [1.807, 2.05) is 24.3 Å². The third-order valence-electron chi connectivity index (χ3n) is 2.15. The lowest BCUT2D eigenvalue weighted by atomic mass is 10.2. The van der Waals surface area contributed by atoms with Crippen LogP contribution in [0.2, 0.25) is 5.02 Å². The Bertz CT molecular complexity index is 377. The van der Waals surface area contributed by atoms with Gasteiger partial charge in [0.05, 0.1) is 12.4 Å². The van der Waals surface area contributed by atoms with Crippen LogP contribution in [0.1, 0.15) is 12.5 Å². The molecule has 0 aliphatic rings. The Balaban J connectivity index is 0.00000289. The van der Waals surface area contributed by atoms with E-state index >= 15 is 0 Å². The van der Waals surface area contributed by atoms with Gasteiger partial charge in [0, 0.05) is 10.8 Å². The fraction of sp³-hybridized carbons (Fsp3) is 0.417. The predicted octanol–water partition coefficient (Wildman–Crippen LogP) is -1.25. The minimum atomic E-state index is -0.317. The molecule has 1 aromatic rings. The smallest absolute Gasteiger partial charge is 0.365 e. The summed E-state index contributed by atoms with van der Waals surface area (Å²) in [5.41, 5.74) is 4.86. The van der Waals surface area contributed by atoms with E-state index in [-0.39, 0.29) is 24.4 Å². The highest BCUT2D eigenvalue weighted by Gasteiger charge is 2.18. The number of benzene rings is 1. The first-order chi connectivity index (χ1) is 8.15. The quantitative estimate of drug-likeness (QED) is 0.668. The first-order valence-corrected chi connectivity index (χ1v) is 6.99. The van der Waals surface area contributed by atoms with Crippen molar-refractivity contribution in [3.05, 3.63) is 34.9 Å². The molecule has 0 aromatic heterocycles. The second-order valence-corrected chi connectivity index (χ2v) is 4.99. The summed E-state index contributed by atoms with van der Waals surface area (Å²) in [5, 5.41) is 0.761. The van der Waals surface area contributed by atoms with Gasteiger partial charge < -0.3 is 22.9 Å². The minimum Gasteiger partial charge on any atom is -1.00 e. The van der Waals surface area contributed by atoms with Crippen LogP contribution in [-0.4, -0.2) is 24.4 Å². The number of rotatable bonds is 6. The van der Waals surface area contributed by atoms with Gasteiger partial charge in [0.1, 0.15) is 0 Å². The van der Waals surface area contributed by atoms with Crippen LogP contribution in [0.3, 0.4) is 0 Å². The molecule has 102 valence electrons. The normalized spacial score (nSPS) is 11.5. The summed E-state index contributed by atoms with van der Waals surface area (Å²) < 4.78 is 4.89. The number of ether oxygens (including phenoxy) is 1. The zero-order valence-electron chi connectivity index (χ0n) is 10.2. The van der Waals surface area contributed by atoms with Gasteiger partial charge in [0.15, 0.2) is 6.04 Å². The van der Waals surface area contributed by atoms with E-state index in [1.54, 1.807) is 18.7 Å². The summed E-state index contributed by atoms with van der Waals surface area (Å²) in [6, 6.07) is 7.39. The zero-order chi connectivity index (χ0) is 12.7. The maximum atomic E-state index is 11.3. The molecule has 0 aliphatic heterocycles. The Kier molecular flexibility index (Phi) is 9.28. The lowest BCUT2D eigenvalue weighted by Crippen LogP contribution is -3.00. The van der Waals surface area contributed by atoms with Crippen molar-refractivity contribution in [2.24, 2.45) is 0 Å². The van der Waals surface area contributed by atoms with Crippen LogP contribution in [0.5, 0.6) is 0 Å². The van der Waals surface area contributed by atoms with Crippen LogP contribution in [0, 0.1) is 0 Å². The number of halogens is 2. The molecule has 0 saturated carbocycles. The Morgan fingerprint density at radius 1 is 1.50 bits per heavy atom. The lowest BCUT2D eigenvalue weighted by Gasteiger charge is -2.08. The van der Waals surface area contributed by atoms with E-state index in [0.29, 0.717) is 12.4 Å². The first-order valence-electron chi connectivity index (χ1n) is 5.46. The maximum Gasteiger partial charge on any atom is 0.365 e. The summed E-state index contributed by atoms with van der Waals surface area (Å²) in [6.07, 6.45) is 0. The van der Waals surface area contributed by atoms with Crippen LogP contribution in [0.4, 0.5) is 0 Å². The molecule has 0 radical (unpaired) electrons. The SMILES string of the molecule is CCOC(=O)C([NH3+])CSCc1ccccc1Cl.[Cl-]. The van der Waals surface area contributed by atoms with Crippen molar-refractivity contribution >= 4 is 29.3 Å². The summed E-state index contributed by atoms with van der Waals surface area (Å²) in [6.45, 7) is 2.20. The average molecular weight is 310 g/mol. The van der Waals surface area contributed by atoms with Crippen LogP contribution in [0.15, 0.2) is 24.3 Å². The van der Waals surface area contributed by atoms with Crippen molar-refractivity contribution in [2.45, 2.75) is 18.7 Å². The molecule has 0 amide bonds. The molecule has 1 unspecified atom stereocenters. The van der Waals surface area contributed by atoms with Gasteiger partial charge in [0.25, 0.3) is 0 Å². The van der Waals surface area contributed by atoms with Gasteiger partial charge in [-0.3, -0.25) is 0 Å². The Morgan fingerprint density at radius 3 is 2.78 bits per heavy atom. The summed E-state index contributed by atoms with van der Waals surface area (Å²) >= 11 is 7.67. The number of esters is 1. The number of carbonyl (C=O) groups excluding carboxylic acids is 1. The summed E-state index contributed by atoms with van der Waals surface area (Å²) in [4.78, 5) is 11.3. The predicted molar refractivity (Wildman–Crippen MR) is 70.9 cm³/mol.